The van der Waals surface area contributed by atoms with E-state index in [1.807, 2.05) is 18.2 Å². The summed E-state index contributed by atoms with van der Waals surface area (Å²) >= 11 is 1.64. The van der Waals surface area contributed by atoms with Crippen LogP contribution in [0.2, 0.25) is 0 Å². The SMILES string of the molecule is COc1ccc(Cc2nnc(CCCN)s2)cc1OC. The molecule has 2 N–H and O–H groups in total. The summed E-state index contributed by atoms with van der Waals surface area (Å²) in [6.45, 7) is 0.685. The molecule has 0 spiro atoms. The van der Waals surface area contributed by atoms with Crippen LogP contribution in [0.25, 0.3) is 0 Å². The van der Waals surface area contributed by atoms with Crippen molar-refractivity contribution in [3.05, 3.63) is 33.8 Å². The van der Waals surface area contributed by atoms with Gasteiger partial charge in [0.25, 0.3) is 0 Å². The molecule has 0 unspecified atom stereocenters. The van der Waals surface area contributed by atoms with Crippen LogP contribution in [0.4, 0.5) is 0 Å². The van der Waals surface area contributed by atoms with Crippen LogP contribution in [-0.2, 0) is 12.8 Å². The van der Waals surface area contributed by atoms with E-state index in [0.29, 0.717) is 6.54 Å². The third-order valence-electron chi connectivity index (χ3n) is 2.91. The summed E-state index contributed by atoms with van der Waals surface area (Å²) in [5.41, 5.74) is 6.63. The van der Waals surface area contributed by atoms with Gasteiger partial charge in [0.05, 0.1) is 14.2 Å². The first-order chi connectivity index (χ1) is 9.76. The summed E-state index contributed by atoms with van der Waals surface area (Å²) in [5.74, 6) is 1.47. The second kappa shape index (κ2) is 7.21. The van der Waals surface area contributed by atoms with Gasteiger partial charge in [0.2, 0.25) is 0 Å². The molecule has 1 aromatic carbocycles. The van der Waals surface area contributed by atoms with Crippen LogP contribution < -0.4 is 15.2 Å². The van der Waals surface area contributed by atoms with E-state index in [-0.39, 0.29) is 0 Å². The Balaban J connectivity index is 2.07. The predicted octanol–water partition coefficient (Wildman–Crippen LogP) is 2.04. The fraction of sp³-hybridized carbons (Fsp3) is 0.429. The Morgan fingerprint density at radius 1 is 1.10 bits per heavy atom. The van der Waals surface area contributed by atoms with Crippen LogP contribution in [0.3, 0.4) is 0 Å². The summed E-state index contributed by atoms with van der Waals surface area (Å²) in [4.78, 5) is 0. The molecule has 0 fully saturated rings. The van der Waals surface area contributed by atoms with Crippen molar-refractivity contribution >= 4 is 11.3 Å². The van der Waals surface area contributed by atoms with Gasteiger partial charge in [-0.05, 0) is 30.7 Å². The molecule has 0 bridgehead atoms. The number of hydrogen-bond acceptors (Lipinski definition) is 6. The van der Waals surface area contributed by atoms with Crippen molar-refractivity contribution in [2.75, 3.05) is 20.8 Å². The zero-order valence-corrected chi connectivity index (χ0v) is 12.6. The van der Waals surface area contributed by atoms with Gasteiger partial charge in [-0.25, -0.2) is 0 Å². The lowest BCUT2D eigenvalue weighted by Crippen LogP contribution is -1.99. The lowest BCUT2D eigenvalue weighted by Gasteiger charge is -2.08. The highest BCUT2D eigenvalue weighted by molar-refractivity contribution is 7.11. The Kier molecular flexibility index (Phi) is 5.31. The average Bonchev–Trinajstić information content (AvgIpc) is 2.92. The predicted molar refractivity (Wildman–Crippen MR) is 79.6 cm³/mol. The second-order valence-corrected chi connectivity index (χ2v) is 5.49. The minimum Gasteiger partial charge on any atom is -0.493 e. The molecule has 1 aromatic heterocycles. The zero-order valence-electron chi connectivity index (χ0n) is 11.8. The number of hydrogen-bond donors (Lipinski definition) is 1. The molecule has 2 rings (SSSR count). The van der Waals surface area contributed by atoms with Crippen molar-refractivity contribution < 1.29 is 9.47 Å². The van der Waals surface area contributed by atoms with Crippen molar-refractivity contribution in [3.8, 4) is 11.5 Å². The smallest absolute Gasteiger partial charge is 0.160 e. The summed E-state index contributed by atoms with van der Waals surface area (Å²) in [6.07, 6.45) is 2.60. The zero-order chi connectivity index (χ0) is 14.4. The molecule has 5 nitrogen and oxygen atoms in total. The van der Waals surface area contributed by atoms with Crippen LogP contribution in [0.5, 0.6) is 11.5 Å². The minimum atomic E-state index is 0.685. The van der Waals surface area contributed by atoms with E-state index >= 15 is 0 Å². The molecule has 0 aliphatic heterocycles. The molecule has 0 aliphatic carbocycles. The molecule has 6 heteroatoms. The van der Waals surface area contributed by atoms with E-state index in [2.05, 4.69) is 10.2 Å². The fourth-order valence-electron chi connectivity index (χ4n) is 1.88. The van der Waals surface area contributed by atoms with Crippen LogP contribution in [0, 0.1) is 0 Å². The van der Waals surface area contributed by atoms with Crippen molar-refractivity contribution in [3.63, 3.8) is 0 Å². The molecular formula is C14H19N3O2S. The Bertz CT molecular complexity index is 557. The fourth-order valence-corrected chi connectivity index (χ4v) is 2.80. The number of aryl methyl sites for hydroxylation is 1. The monoisotopic (exact) mass is 293 g/mol. The number of aromatic nitrogens is 2. The van der Waals surface area contributed by atoms with Crippen molar-refractivity contribution in [1.82, 2.24) is 10.2 Å². The molecule has 108 valence electrons. The highest BCUT2D eigenvalue weighted by Crippen LogP contribution is 2.28. The largest absolute Gasteiger partial charge is 0.493 e. The van der Waals surface area contributed by atoms with E-state index < -0.39 is 0 Å². The third kappa shape index (κ3) is 3.68. The van der Waals surface area contributed by atoms with E-state index in [4.69, 9.17) is 15.2 Å². The molecule has 0 atom stereocenters. The quantitative estimate of drug-likeness (QED) is 0.846. The van der Waals surface area contributed by atoms with Crippen LogP contribution in [0.15, 0.2) is 18.2 Å². The van der Waals surface area contributed by atoms with Crippen LogP contribution in [-0.4, -0.2) is 31.0 Å². The molecule has 0 saturated heterocycles. The Morgan fingerprint density at radius 3 is 2.55 bits per heavy atom. The number of nitrogens with zero attached hydrogens (tertiary/aromatic N) is 2. The molecule has 0 radical (unpaired) electrons. The molecule has 1 heterocycles. The number of methoxy groups -OCH3 is 2. The first kappa shape index (κ1) is 14.7. The van der Waals surface area contributed by atoms with Crippen molar-refractivity contribution in [2.24, 2.45) is 5.73 Å². The maximum atomic E-state index is 5.50. The summed E-state index contributed by atoms with van der Waals surface area (Å²) in [7, 11) is 3.27. The molecule has 0 saturated carbocycles. The summed E-state index contributed by atoms with van der Waals surface area (Å²) in [6, 6.07) is 5.90. The average molecular weight is 293 g/mol. The molecular weight excluding hydrogens is 274 g/mol. The summed E-state index contributed by atoms with van der Waals surface area (Å²) < 4.78 is 10.5. The molecule has 0 aliphatic rings. The number of rotatable bonds is 7. The van der Waals surface area contributed by atoms with Gasteiger partial charge < -0.3 is 15.2 Å². The number of benzene rings is 1. The lowest BCUT2D eigenvalue weighted by molar-refractivity contribution is 0.354. The van der Waals surface area contributed by atoms with Gasteiger partial charge in [0, 0.05) is 12.8 Å². The molecule has 2 aromatic rings. The van der Waals surface area contributed by atoms with Gasteiger partial charge in [-0.2, -0.15) is 0 Å². The first-order valence-electron chi connectivity index (χ1n) is 6.49. The lowest BCUT2D eigenvalue weighted by atomic mass is 10.1. The van der Waals surface area contributed by atoms with Crippen LogP contribution in [0.1, 0.15) is 22.0 Å². The van der Waals surface area contributed by atoms with E-state index in [0.717, 1.165) is 46.3 Å². The molecule has 0 amide bonds. The number of nitrogens with two attached hydrogens (primary N) is 1. The van der Waals surface area contributed by atoms with Gasteiger partial charge >= 0.3 is 0 Å². The Hall–Kier alpha value is -1.66. The maximum absolute atomic E-state index is 5.50. The van der Waals surface area contributed by atoms with E-state index in [1.54, 1.807) is 25.6 Å². The van der Waals surface area contributed by atoms with E-state index in [9.17, 15) is 0 Å². The third-order valence-corrected chi connectivity index (χ3v) is 3.89. The Morgan fingerprint density at radius 2 is 1.85 bits per heavy atom. The highest BCUT2D eigenvalue weighted by Gasteiger charge is 2.08. The van der Waals surface area contributed by atoms with Crippen LogP contribution >= 0.6 is 11.3 Å². The second-order valence-electron chi connectivity index (χ2n) is 4.35. The minimum absolute atomic E-state index is 0.685. The Labute approximate surface area is 122 Å². The maximum Gasteiger partial charge on any atom is 0.160 e. The molecule has 20 heavy (non-hydrogen) atoms. The van der Waals surface area contributed by atoms with Gasteiger partial charge in [-0.15, -0.1) is 21.5 Å². The van der Waals surface area contributed by atoms with E-state index in [1.165, 1.54) is 0 Å². The standard InChI is InChI=1S/C14H19N3O2S/c1-18-11-6-5-10(8-12(11)19-2)9-14-17-16-13(20-14)4-3-7-15/h5-6,8H,3-4,7,9,15H2,1-2H3. The van der Waals surface area contributed by atoms with Gasteiger partial charge in [0.1, 0.15) is 10.0 Å². The first-order valence-corrected chi connectivity index (χ1v) is 7.30. The van der Waals surface area contributed by atoms with Crippen molar-refractivity contribution in [2.45, 2.75) is 19.3 Å². The summed E-state index contributed by atoms with van der Waals surface area (Å²) in [5, 5.41) is 10.5. The topological polar surface area (TPSA) is 70.3 Å². The van der Waals surface area contributed by atoms with Gasteiger partial charge in [-0.1, -0.05) is 6.07 Å². The van der Waals surface area contributed by atoms with Crippen molar-refractivity contribution in [1.29, 1.82) is 0 Å². The highest BCUT2D eigenvalue weighted by atomic mass is 32.1. The van der Waals surface area contributed by atoms with Gasteiger partial charge in [-0.3, -0.25) is 0 Å². The van der Waals surface area contributed by atoms with Gasteiger partial charge in [0.15, 0.2) is 11.5 Å². The normalized spacial score (nSPS) is 10.6. The number of ether oxygens (including phenoxy) is 2.